The third kappa shape index (κ3) is 1.65. The smallest absolute Gasteiger partial charge is 0.0101 e. The third-order valence-electron chi connectivity index (χ3n) is 2.76. The standard InChI is InChI=1S/C14H16/c1-10-4-6-13(7-5-10)14-9-11(2)8-12(14)3/h4-7,9H,8H2,1-3H3. The van der Waals surface area contributed by atoms with Crippen LogP contribution in [0.15, 0.2) is 41.5 Å². The fourth-order valence-corrected chi connectivity index (χ4v) is 2.00. The summed E-state index contributed by atoms with van der Waals surface area (Å²) in [6, 6.07) is 8.78. The first-order chi connectivity index (χ1) is 6.66. The lowest BCUT2D eigenvalue weighted by atomic mass is 10.0. The molecule has 0 fully saturated rings. The van der Waals surface area contributed by atoms with Crippen molar-refractivity contribution >= 4 is 5.57 Å². The van der Waals surface area contributed by atoms with Gasteiger partial charge in [-0.05, 0) is 38.3 Å². The lowest BCUT2D eigenvalue weighted by Crippen LogP contribution is -1.82. The van der Waals surface area contributed by atoms with Crippen molar-refractivity contribution in [2.24, 2.45) is 0 Å². The number of hydrogen-bond donors (Lipinski definition) is 0. The van der Waals surface area contributed by atoms with E-state index in [1.54, 1.807) is 0 Å². The van der Waals surface area contributed by atoms with Crippen LogP contribution in [-0.4, -0.2) is 0 Å². The first-order valence-corrected chi connectivity index (χ1v) is 5.11. The fraction of sp³-hybridized carbons (Fsp3) is 0.286. The van der Waals surface area contributed by atoms with Gasteiger partial charge in [0, 0.05) is 0 Å². The largest absolute Gasteiger partial charge is 0.0686 e. The van der Waals surface area contributed by atoms with Gasteiger partial charge in [0.15, 0.2) is 0 Å². The normalized spacial score (nSPS) is 16.1. The van der Waals surface area contributed by atoms with Gasteiger partial charge in [-0.25, -0.2) is 0 Å². The molecule has 1 aromatic carbocycles. The Labute approximate surface area is 86.0 Å². The molecule has 1 aliphatic carbocycles. The SMILES string of the molecule is CC1=CC(c2ccc(C)cc2)=C(C)C1. The lowest BCUT2D eigenvalue weighted by Gasteiger charge is -2.03. The first kappa shape index (κ1) is 9.26. The monoisotopic (exact) mass is 184 g/mol. The van der Waals surface area contributed by atoms with Crippen LogP contribution in [0.25, 0.3) is 5.57 Å². The molecule has 0 aliphatic heterocycles. The van der Waals surface area contributed by atoms with Crippen molar-refractivity contribution in [3.05, 3.63) is 52.6 Å². The lowest BCUT2D eigenvalue weighted by molar-refractivity contribution is 1.15. The highest BCUT2D eigenvalue weighted by Gasteiger charge is 2.10. The Hall–Kier alpha value is -1.30. The van der Waals surface area contributed by atoms with Gasteiger partial charge in [-0.3, -0.25) is 0 Å². The average molecular weight is 184 g/mol. The van der Waals surface area contributed by atoms with Crippen molar-refractivity contribution in [2.75, 3.05) is 0 Å². The Kier molecular flexibility index (Phi) is 2.28. The van der Waals surface area contributed by atoms with Gasteiger partial charge in [0.2, 0.25) is 0 Å². The van der Waals surface area contributed by atoms with E-state index in [1.807, 2.05) is 0 Å². The molecular weight excluding hydrogens is 168 g/mol. The third-order valence-corrected chi connectivity index (χ3v) is 2.76. The van der Waals surface area contributed by atoms with Crippen LogP contribution in [0, 0.1) is 6.92 Å². The minimum atomic E-state index is 1.14. The van der Waals surface area contributed by atoms with Crippen molar-refractivity contribution in [1.29, 1.82) is 0 Å². The molecule has 72 valence electrons. The van der Waals surface area contributed by atoms with Crippen LogP contribution in [0.1, 0.15) is 31.4 Å². The van der Waals surface area contributed by atoms with Gasteiger partial charge in [-0.2, -0.15) is 0 Å². The Morgan fingerprint density at radius 1 is 0.929 bits per heavy atom. The molecule has 0 atom stereocenters. The molecule has 1 aliphatic rings. The maximum Gasteiger partial charge on any atom is -0.0101 e. The molecule has 0 spiro atoms. The predicted molar refractivity (Wildman–Crippen MR) is 62.1 cm³/mol. The molecule has 0 saturated heterocycles. The van der Waals surface area contributed by atoms with Crippen LogP contribution in [0.5, 0.6) is 0 Å². The van der Waals surface area contributed by atoms with Gasteiger partial charge in [0.05, 0.1) is 0 Å². The van der Waals surface area contributed by atoms with Crippen molar-refractivity contribution in [2.45, 2.75) is 27.2 Å². The molecule has 0 aromatic heterocycles. The molecule has 0 saturated carbocycles. The number of allylic oxidation sites excluding steroid dienone is 4. The molecule has 0 amide bonds. The Balaban J connectivity index is 2.41. The molecule has 14 heavy (non-hydrogen) atoms. The summed E-state index contributed by atoms with van der Waals surface area (Å²) in [6.45, 7) is 6.55. The molecule has 1 aromatic rings. The van der Waals surface area contributed by atoms with Gasteiger partial charge in [-0.15, -0.1) is 0 Å². The topological polar surface area (TPSA) is 0 Å². The summed E-state index contributed by atoms with van der Waals surface area (Å²) < 4.78 is 0. The Morgan fingerprint density at radius 3 is 2.07 bits per heavy atom. The summed E-state index contributed by atoms with van der Waals surface area (Å²) in [5.74, 6) is 0. The van der Waals surface area contributed by atoms with E-state index in [4.69, 9.17) is 0 Å². The van der Waals surface area contributed by atoms with Crippen LogP contribution in [0.3, 0.4) is 0 Å². The highest BCUT2D eigenvalue weighted by Crippen LogP contribution is 2.31. The zero-order valence-corrected chi connectivity index (χ0v) is 9.09. The zero-order valence-electron chi connectivity index (χ0n) is 9.09. The summed E-state index contributed by atoms with van der Waals surface area (Å²) in [5, 5.41) is 0. The van der Waals surface area contributed by atoms with Gasteiger partial charge in [-0.1, -0.05) is 47.1 Å². The van der Waals surface area contributed by atoms with E-state index in [9.17, 15) is 0 Å². The summed E-state index contributed by atoms with van der Waals surface area (Å²) in [5.41, 5.74) is 7.06. The quantitative estimate of drug-likeness (QED) is 0.616. The first-order valence-electron chi connectivity index (χ1n) is 5.11. The minimum Gasteiger partial charge on any atom is -0.0686 e. The van der Waals surface area contributed by atoms with Crippen molar-refractivity contribution < 1.29 is 0 Å². The van der Waals surface area contributed by atoms with Crippen LogP contribution in [0.4, 0.5) is 0 Å². The van der Waals surface area contributed by atoms with Crippen LogP contribution in [-0.2, 0) is 0 Å². The summed E-state index contributed by atoms with van der Waals surface area (Å²) in [4.78, 5) is 0. The maximum absolute atomic E-state index is 2.31. The van der Waals surface area contributed by atoms with E-state index in [1.165, 1.54) is 27.8 Å². The number of aryl methyl sites for hydroxylation is 1. The molecule has 0 N–H and O–H groups in total. The zero-order chi connectivity index (χ0) is 10.1. The van der Waals surface area contributed by atoms with Crippen LogP contribution < -0.4 is 0 Å². The predicted octanol–water partition coefficient (Wildman–Crippen LogP) is 4.12. The van der Waals surface area contributed by atoms with E-state index >= 15 is 0 Å². The maximum atomic E-state index is 2.31. The second-order valence-electron chi connectivity index (χ2n) is 4.23. The van der Waals surface area contributed by atoms with Crippen LogP contribution in [0.2, 0.25) is 0 Å². The van der Waals surface area contributed by atoms with Crippen molar-refractivity contribution in [3.63, 3.8) is 0 Å². The van der Waals surface area contributed by atoms with Gasteiger partial charge in [0.1, 0.15) is 0 Å². The fourth-order valence-electron chi connectivity index (χ4n) is 2.00. The van der Waals surface area contributed by atoms with E-state index in [2.05, 4.69) is 51.1 Å². The number of benzene rings is 1. The van der Waals surface area contributed by atoms with Crippen molar-refractivity contribution in [1.82, 2.24) is 0 Å². The van der Waals surface area contributed by atoms with Gasteiger partial charge in [0.25, 0.3) is 0 Å². The molecule has 0 unspecified atom stereocenters. The van der Waals surface area contributed by atoms with E-state index in [-0.39, 0.29) is 0 Å². The molecule has 0 bridgehead atoms. The Morgan fingerprint density at radius 2 is 1.57 bits per heavy atom. The van der Waals surface area contributed by atoms with Crippen LogP contribution >= 0.6 is 0 Å². The van der Waals surface area contributed by atoms with E-state index in [0.29, 0.717) is 0 Å². The highest BCUT2D eigenvalue weighted by molar-refractivity contribution is 5.80. The van der Waals surface area contributed by atoms with Gasteiger partial charge < -0.3 is 0 Å². The molecule has 0 nitrogen and oxygen atoms in total. The summed E-state index contributed by atoms with van der Waals surface area (Å²) >= 11 is 0. The molecule has 2 rings (SSSR count). The highest BCUT2D eigenvalue weighted by atomic mass is 14.1. The molecular formula is C14H16. The van der Waals surface area contributed by atoms with Gasteiger partial charge >= 0.3 is 0 Å². The number of hydrogen-bond acceptors (Lipinski definition) is 0. The second kappa shape index (κ2) is 3.45. The second-order valence-corrected chi connectivity index (χ2v) is 4.23. The molecule has 0 heteroatoms. The molecule has 0 radical (unpaired) electrons. The van der Waals surface area contributed by atoms with Crippen molar-refractivity contribution in [3.8, 4) is 0 Å². The molecule has 0 heterocycles. The summed E-state index contributed by atoms with van der Waals surface area (Å²) in [6.07, 6.45) is 3.45. The minimum absolute atomic E-state index is 1.14. The summed E-state index contributed by atoms with van der Waals surface area (Å²) in [7, 11) is 0. The Bertz CT molecular complexity index is 402. The van der Waals surface area contributed by atoms with E-state index in [0.717, 1.165) is 6.42 Å². The average Bonchev–Trinajstić information content (AvgIpc) is 2.47. The van der Waals surface area contributed by atoms with E-state index < -0.39 is 0 Å². The number of rotatable bonds is 1.